The van der Waals surface area contributed by atoms with Crippen LogP contribution in [-0.2, 0) is 0 Å². The van der Waals surface area contributed by atoms with Crippen molar-refractivity contribution < 1.29 is 0 Å². The number of rotatable bonds is 3. The Morgan fingerprint density at radius 3 is 2.47 bits per heavy atom. The molecule has 2 rings (SSSR count). The Morgan fingerprint density at radius 1 is 1.18 bits per heavy atom. The second-order valence-electron chi connectivity index (χ2n) is 5.98. The second kappa shape index (κ2) is 5.68. The van der Waals surface area contributed by atoms with Crippen LogP contribution in [0.25, 0.3) is 0 Å². The van der Waals surface area contributed by atoms with Crippen molar-refractivity contribution in [2.24, 2.45) is 5.73 Å². The largest absolute Gasteiger partial charge is 0.329 e. The number of hydrogen-bond donors (Lipinski definition) is 1. The average Bonchev–Trinajstić information content (AvgIpc) is 2.40. The van der Waals surface area contributed by atoms with E-state index in [-0.39, 0.29) is 0 Å². The van der Waals surface area contributed by atoms with Crippen molar-refractivity contribution in [3.63, 3.8) is 0 Å². The zero-order chi connectivity index (χ0) is 12.3. The minimum Gasteiger partial charge on any atom is -0.329 e. The minimum absolute atomic E-state index is 0.313. The van der Waals surface area contributed by atoms with Gasteiger partial charge in [0.25, 0.3) is 0 Å². The van der Waals surface area contributed by atoms with Gasteiger partial charge in [0.15, 0.2) is 0 Å². The van der Waals surface area contributed by atoms with Gasteiger partial charge in [0.05, 0.1) is 0 Å². The zero-order valence-corrected chi connectivity index (χ0v) is 11.6. The lowest BCUT2D eigenvalue weighted by Crippen LogP contribution is -2.62. The molecule has 0 aromatic carbocycles. The molecule has 2 saturated heterocycles. The number of hydrogen-bond acceptors (Lipinski definition) is 3. The monoisotopic (exact) mass is 239 g/mol. The van der Waals surface area contributed by atoms with Gasteiger partial charge in [-0.05, 0) is 58.8 Å². The van der Waals surface area contributed by atoms with E-state index in [4.69, 9.17) is 5.73 Å². The molecule has 0 amide bonds. The van der Waals surface area contributed by atoms with Crippen molar-refractivity contribution in [3.05, 3.63) is 0 Å². The molecular formula is C14H29N3. The lowest BCUT2D eigenvalue weighted by Gasteiger charge is -2.52. The summed E-state index contributed by atoms with van der Waals surface area (Å²) >= 11 is 0. The number of piperidine rings is 2. The third kappa shape index (κ3) is 2.67. The Morgan fingerprint density at radius 2 is 1.88 bits per heavy atom. The SMILES string of the molecule is CCC1CCCCN1C1(CN)CCN(C)CC1. The van der Waals surface area contributed by atoms with Crippen LogP contribution in [0.1, 0.15) is 45.4 Å². The van der Waals surface area contributed by atoms with Gasteiger partial charge in [0, 0.05) is 18.1 Å². The van der Waals surface area contributed by atoms with E-state index in [0.717, 1.165) is 12.6 Å². The van der Waals surface area contributed by atoms with Gasteiger partial charge in [-0.3, -0.25) is 4.90 Å². The average molecular weight is 239 g/mol. The normalized spacial score (nSPS) is 31.6. The van der Waals surface area contributed by atoms with Crippen molar-refractivity contribution in [2.75, 3.05) is 33.2 Å². The molecule has 100 valence electrons. The van der Waals surface area contributed by atoms with E-state index in [1.165, 1.54) is 58.2 Å². The molecule has 0 aliphatic carbocycles. The van der Waals surface area contributed by atoms with Crippen LogP contribution in [0.4, 0.5) is 0 Å². The van der Waals surface area contributed by atoms with Crippen molar-refractivity contribution in [1.82, 2.24) is 9.80 Å². The minimum atomic E-state index is 0.313. The molecule has 2 N–H and O–H groups in total. The molecule has 1 atom stereocenters. The van der Waals surface area contributed by atoms with E-state index in [1.54, 1.807) is 0 Å². The van der Waals surface area contributed by atoms with E-state index >= 15 is 0 Å². The molecular weight excluding hydrogens is 210 g/mol. The highest BCUT2D eigenvalue weighted by molar-refractivity contribution is 4.99. The molecule has 2 fully saturated rings. The highest BCUT2D eigenvalue weighted by Crippen LogP contribution is 2.34. The molecule has 2 aliphatic heterocycles. The van der Waals surface area contributed by atoms with Crippen LogP contribution in [-0.4, -0.2) is 54.6 Å². The molecule has 17 heavy (non-hydrogen) atoms. The Labute approximate surface area is 106 Å². The standard InChI is InChI=1S/C14H29N3/c1-3-13-6-4-5-9-17(13)14(12-15)7-10-16(2)11-8-14/h13H,3-12,15H2,1-2H3. The molecule has 0 radical (unpaired) electrons. The predicted octanol–water partition coefficient (Wildman–Crippen LogP) is 1.67. The summed E-state index contributed by atoms with van der Waals surface area (Å²) in [5.74, 6) is 0. The molecule has 0 spiro atoms. The highest BCUT2D eigenvalue weighted by atomic mass is 15.3. The van der Waals surface area contributed by atoms with Gasteiger partial charge in [0.1, 0.15) is 0 Å². The van der Waals surface area contributed by atoms with Crippen LogP contribution < -0.4 is 5.73 Å². The molecule has 1 unspecified atom stereocenters. The summed E-state index contributed by atoms with van der Waals surface area (Å²) < 4.78 is 0. The first-order chi connectivity index (χ1) is 8.22. The van der Waals surface area contributed by atoms with Crippen molar-refractivity contribution in [2.45, 2.75) is 57.0 Å². The maximum absolute atomic E-state index is 6.17. The van der Waals surface area contributed by atoms with Crippen LogP contribution in [0.5, 0.6) is 0 Å². The van der Waals surface area contributed by atoms with E-state index in [0.29, 0.717) is 5.54 Å². The fraction of sp³-hybridized carbons (Fsp3) is 1.00. The van der Waals surface area contributed by atoms with E-state index in [9.17, 15) is 0 Å². The smallest absolute Gasteiger partial charge is 0.0358 e. The predicted molar refractivity (Wildman–Crippen MR) is 73.2 cm³/mol. The molecule has 0 aromatic heterocycles. The summed E-state index contributed by atoms with van der Waals surface area (Å²) in [5.41, 5.74) is 6.48. The summed E-state index contributed by atoms with van der Waals surface area (Å²) in [7, 11) is 2.23. The highest BCUT2D eigenvalue weighted by Gasteiger charge is 2.41. The Kier molecular flexibility index (Phi) is 4.45. The fourth-order valence-electron chi connectivity index (χ4n) is 3.69. The molecule has 2 heterocycles. The van der Waals surface area contributed by atoms with Gasteiger partial charge in [-0.15, -0.1) is 0 Å². The Balaban J connectivity index is 2.09. The van der Waals surface area contributed by atoms with Gasteiger partial charge in [-0.2, -0.15) is 0 Å². The first-order valence-electron chi connectivity index (χ1n) is 7.37. The van der Waals surface area contributed by atoms with Crippen molar-refractivity contribution >= 4 is 0 Å². The van der Waals surface area contributed by atoms with E-state index in [2.05, 4.69) is 23.8 Å². The lowest BCUT2D eigenvalue weighted by atomic mass is 9.82. The molecule has 3 nitrogen and oxygen atoms in total. The van der Waals surface area contributed by atoms with Gasteiger partial charge in [-0.1, -0.05) is 13.3 Å². The van der Waals surface area contributed by atoms with Gasteiger partial charge in [0.2, 0.25) is 0 Å². The third-order valence-electron chi connectivity index (χ3n) is 5.01. The van der Waals surface area contributed by atoms with Gasteiger partial charge < -0.3 is 10.6 Å². The third-order valence-corrected chi connectivity index (χ3v) is 5.01. The van der Waals surface area contributed by atoms with Crippen LogP contribution in [0, 0.1) is 0 Å². The maximum atomic E-state index is 6.17. The first kappa shape index (κ1) is 13.3. The maximum Gasteiger partial charge on any atom is 0.0358 e. The lowest BCUT2D eigenvalue weighted by molar-refractivity contribution is -0.0175. The van der Waals surface area contributed by atoms with Crippen LogP contribution in [0.3, 0.4) is 0 Å². The van der Waals surface area contributed by atoms with Crippen LogP contribution >= 0.6 is 0 Å². The summed E-state index contributed by atoms with van der Waals surface area (Å²) in [6.45, 7) is 6.88. The van der Waals surface area contributed by atoms with E-state index < -0.39 is 0 Å². The molecule has 0 saturated carbocycles. The Hall–Kier alpha value is -0.120. The number of nitrogens with zero attached hydrogens (tertiary/aromatic N) is 2. The number of likely N-dealkylation sites (tertiary alicyclic amines) is 2. The van der Waals surface area contributed by atoms with Crippen molar-refractivity contribution in [3.8, 4) is 0 Å². The summed E-state index contributed by atoms with van der Waals surface area (Å²) in [4.78, 5) is 5.22. The van der Waals surface area contributed by atoms with Crippen LogP contribution in [0.15, 0.2) is 0 Å². The molecule has 3 heteroatoms. The summed E-state index contributed by atoms with van der Waals surface area (Å²) in [6.07, 6.45) is 7.97. The van der Waals surface area contributed by atoms with Gasteiger partial charge in [-0.25, -0.2) is 0 Å². The molecule has 2 aliphatic rings. The quantitative estimate of drug-likeness (QED) is 0.813. The zero-order valence-electron chi connectivity index (χ0n) is 11.6. The Bertz CT molecular complexity index is 234. The molecule has 0 aromatic rings. The van der Waals surface area contributed by atoms with Crippen molar-refractivity contribution in [1.29, 1.82) is 0 Å². The second-order valence-corrected chi connectivity index (χ2v) is 5.98. The summed E-state index contributed by atoms with van der Waals surface area (Å²) in [5, 5.41) is 0. The summed E-state index contributed by atoms with van der Waals surface area (Å²) in [6, 6.07) is 0.788. The fourth-order valence-corrected chi connectivity index (χ4v) is 3.69. The topological polar surface area (TPSA) is 32.5 Å². The van der Waals surface area contributed by atoms with Crippen LogP contribution in [0.2, 0.25) is 0 Å². The number of nitrogens with two attached hydrogens (primary N) is 1. The van der Waals surface area contributed by atoms with Gasteiger partial charge >= 0.3 is 0 Å². The molecule has 0 bridgehead atoms. The van der Waals surface area contributed by atoms with E-state index in [1.807, 2.05) is 0 Å². The first-order valence-corrected chi connectivity index (χ1v) is 7.37.